The topological polar surface area (TPSA) is 53.9 Å². The maximum atomic E-state index is 13.6. The number of likely N-dealkylation sites (tertiary alicyclic amines) is 1. The number of esters is 1. The maximum Gasteiger partial charge on any atom is 0.310 e. The quantitative estimate of drug-likeness (QED) is 0.362. The summed E-state index contributed by atoms with van der Waals surface area (Å²) in [7, 11) is 3.17. The summed E-state index contributed by atoms with van der Waals surface area (Å²) in [4.78, 5) is 18.2. The number of methoxy groups -OCH3 is 1. The van der Waals surface area contributed by atoms with Crippen molar-refractivity contribution in [3.63, 3.8) is 0 Å². The van der Waals surface area contributed by atoms with E-state index in [4.69, 9.17) is 4.74 Å². The van der Waals surface area contributed by atoms with E-state index >= 15 is 0 Å². The molecule has 1 aromatic carbocycles. The predicted molar refractivity (Wildman–Crippen MR) is 100 cm³/mol. The van der Waals surface area contributed by atoms with E-state index in [0.29, 0.717) is 12.3 Å². The molecule has 0 radical (unpaired) electrons. The number of benzene rings is 1. The normalized spacial score (nSPS) is 20.6. The number of guanidine groups is 1. The number of halogens is 1. The molecule has 1 N–H and O–H groups in total. The lowest BCUT2D eigenvalue weighted by Crippen LogP contribution is -2.41. The Morgan fingerprint density at radius 3 is 2.88 bits per heavy atom. The number of nitrogens with zero attached hydrogens (tertiary/aromatic N) is 2. The minimum absolute atomic E-state index is 0.112. The molecule has 0 aliphatic carbocycles. The Morgan fingerprint density at radius 1 is 1.44 bits per heavy atom. The summed E-state index contributed by atoms with van der Waals surface area (Å²) in [6, 6.07) is 6.86. The minimum Gasteiger partial charge on any atom is -0.469 e. The molecular formula is C18H26FN3O2S. The van der Waals surface area contributed by atoms with Crippen LogP contribution in [0.4, 0.5) is 4.39 Å². The van der Waals surface area contributed by atoms with Crippen molar-refractivity contribution in [3.05, 3.63) is 35.6 Å². The molecular weight excluding hydrogens is 341 g/mol. The van der Waals surface area contributed by atoms with Crippen LogP contribution in [0.25, 0.3) is 0 Å². The average molecular weight is 367 g/mol. The number of rotatable bonds is 6. The summed E-state index contributed by atoms with van der Waals surface area (Å²) in [5.74, 6) is 2.10. The molecule has 0 amide bonds. The zero-order chi connectivity index (χ0) is 18.2. The summed E-state index contributed by atoms with van der Waals surface area (Å²) < 4.78 is 18.4. The van der Waals surface area contributed by atoms with Gasteiger partial charge in [0.15, 0.2) is 5.96 Å². The van der Waals surface area contributed by atoms with Crippen molar-refractivity contribution in [3.8, 4) is 0 Å². The Labute approximate surface area is 153 Å². The van der Waals surface area contributed by atoms with E-state index in [9.17, 15) is 9.18 Å². The first-order chi connectivity index (χ1) is 12.1. The molecule has 5 nitrogen and oxygen atoms in total. The monoisotopic (exact) mass is 367 g/mol. The highest BCUT2D eigenvalue weighted by molar-refractivity contribution is 7.98. The molecule has 1 heterocycles. The lowest BCUT2D eigenvalue weighted by Gasteiger charge is -2.21. The van der Waals surface area contributed by atoms with Crippen molar-refractivity contribution >= 4 is 23.7 Å². The summed E-state index contributed by atoms with van der Waals surface area (Å²) in [5, 5.41) is 3.32. The van der Waals surface area contributed by atoms with Crippen LogP contribution in [0, 0.1) is 17.7 Å². The number of carbonyl (C=O) groups excluding carboxylic acids is 1. The molecule has 1 saturated heterocycles. The maximum absolute atomic E-state index is 13.6. The van der Waals surface area contributed by atoms with Crippen LogP contribution in [0.15, 0.2) is 29.3 Å². The number of hydrogen-bond donors (Lipinski definition) is 1. The number of ether oxygens (including phenoxy) is 1. The molecule has 25 heavy (non-hydrogen) atoms. The predicted octanol–water partition coefficient (Wildman–Crippen LogP) is 2.38. The zero-order valence-corrected chi connectivity index (χ0v) is 15.8. The lowest BCUT2D eigenvalue weighted by atomic mass is 9.99. The highest BCUT2D eigenvalue weighted by Gasteiger charge is 2.36. The SMILES string of the molecule is CN=C(NCCSCc1ccccc1F)N1CC(C)C(C(=O)OC)C1. The van der Waals surface area contributed by atoms with Gasteiger partial charge in [0.1, 0.15) is 5.82 Å². The Hall–Kier alpha value is -1.76. The van der Waals surface area contributed by atoms with Crippen LogP contribution < -0.4 is 5.32 Å². The van der Waals surface area contributed by atoms with Crippen LogP contribution >= 0.6 is 11.8 Å². The molecule has 2 rings (SSSR count). The van der Waals surface area contributed by atoms with Crippen molar-refractivity contribution in [2.24, 2.45) is 16.8 Å². The van der Waals surface area contributed by atoms with Gasteiger partial charge in [0, 0.05) is 38.2 Å². The van der Waals surface area contributed by atoms with Gasteiger partial charge in [-0.3, -0.25) is 9.79 Å². The third kappa shape index (κ3) is 5.36. The van der Waals surface area contributed by atoms with E-state index in [1.807, 2.05) is 12.1 Å². The molecule has 0 bridgehead atoms. The molecule has 0 saturated carbocycles. The number of nitrogens with one attached hydrogen (secondary N) is 1. The lowest BCUT2D eigenvalue weighted by molar-refractivity contribution is -0.145. The van der Waals surface area contributed by atoms with Gasteiger partial charge in [-0.1, -0.05) is 25.1 Å². The minimum atomic E-state index is -0.161. The fourth-order valence-electron chi connectivity index (χ4n) is 2.96. The van der Waals surface area contributed by atoms with Crippen LogP contribution in [-0.4, -0.2) is 56.4 Å². The van der Waals surface area contributed by atoms with Gasteiger partial charge in [-0.2, -0.15) is 11.8 Å². The van der Waals surface area contributed by atoms with Crippen molar-refractivity contribution in [1.29, 1.82) is 0 Å². The Bertz CT molecular complexity index is 612. The number of aliphatic imine (C=N–C) groups is 1. The van der Waals surface area contributed by atoms with Gasteiger partial charge in [0.05, 0.1) is 13.0 Å². The standard InChI is InChI=1S/C18H26FN3O2S/c1-13-10-22(11-15(13)17(23)24-3)18(20-2)21-8-9-25-12-14-6-4-5-7-16(14)19/h4-7,13,15H,8-12H2,1-3H3,(H,20,21). The van der Waals surface area contributed by atoms with E-state index in [0.717, 1.165) is 30.4 Å². The molecule has 1 aliphatic heterocycles. The van der Waals surface area contributed by atoms with Crippen LogP contribution in [0.2, 0.25) is 0 Å². The van der Waals surface area contributed by atoms with Gasteiger partial charge >= 0.3 is 5.97 Å². The third-order valence-corrected chi connectivity index (χ3v) is 5.38. The van der Waals surface area contributed by atoms with Crippen LogP contribution in [0.3, 0.4) is 0 Å². The summed E-state index contributed by atoms with van der Waals surface area (Å²) >= 11 is 1.68. The summed E-state index contributed by atoms with van der Waals surface area (Å²) in [6.07, 6.45) is 0. The molecule has 1 aromatic rings. The molecule has 2 atom stereocenters. The molecule has 1 aliphatic rings. The largest absolute Gasteiger partial charge is 0.469 e. The summed E-state index contributed by atoms with van der Waals surface area (Å²) in [6.45, 7) is 4.19. The first kappa shape index (κ1) is 19.6. The smallest absolute Gasteiger partial charge is 0.310 e. The zero-order valence-electron chi connectivity index (χ0n) is 15.0. The van der Waals surface area contributed by atoms with Gasteiger partial charge in [0.2, 0.25) is 0 Å². The van der Waals surface area contributed by atoms with Crippen molar-refractivity contribution in [2.45, 2.75) is 12.7 Å². The fourth-order valence-corrected chi connectivity index (χ4v) is 3.81. The molecule has 0 spiro atoms. The van der Waals surface area contributed by atoms with E-state index in [2.05, 4.69) is 22.1 Å². The van der Waals surface area contributed by atoms with Gasteiger partial charge in [-0.25, -0.2) is 4.39 Å². The Balaban J connectivity index is 1.74. The average Bonchev–Trinajstić information content (AvgIpc) is 3.00. The number of carbonyl (C=O) groups is 1. The van der Waals surface area contributed by atoms with Gasteiger partial charge < -0.3 is 15.0 Å². The Kier molecular flexibility index (Phi) is 7.55. The van der Waals surface area contributed by atoms with Crippen LogP contribution in [-0.2, 0) is 15.3 Å². The van der Waals surface area contributed by atoms with E-state index in [1.165, 1.54) is 13.2 Å². The van der Waals surface area contributed by atoms with Crippen molar-refractivity contribution in [2.75, 3.05) is 39.5 Å². The van der Waals surface area contributed by atoms with Gasteiger partial charge in [0.25, 0.3) is 0 Å². The van der Waals surface area contributed by atoms with Crippen molar-refractivity contribution in [1.82, 2.24) is 10.2 Å². The molecule has 0 aromatic heterocycles. The first-order valence-corrected chi connectivity index (χ1v) is 9.56. The molecule has 1 fully saturated rings. The molecule has 7 heteroatoms. The third-order valence-electron chi connectivity index (χ3n) is 4.37. The van der Waals surface area contributed by atoms with Crippen molar-refractivity contribution < 1.29 is 13.9 Å². The summed E-state index contributed by atoms with van der Waals surface area (Å²) in [5.41, 5.74) is 0.728. The van der Waals surface area contributed by atoms with Crippen LogP contribution in [0.5, 0.6) is 0 Å². The second-order valence-electron chi connectivity index (χ2n) is 6.13. The highest BCUT2D eigenvalue weighted by atomic mass is 32.2. The Morgan fingerprint density at radius 2 is 2.20 bits per heavy atom. The molecule has 2 unspecified atom stereocenters. The van der Waals surface area contributed by atoms with E-state index in [1.54, 1.807) is 24.9 Å². The second kappa shape index (κ2) is 9.65. The van der Waals surface area contributed by atoms with Gasteiger partial charge in [-0.05, 0) is 17.5 Å². The second-order valence-corrected chi connectivity index (χ2v) is 7.24. The van der Waals surface area contributed by atoms with Crippen LogP contribution in [0.1, 0.15) is 12.5 Å². The fraction of sp³-hybridized carbons (Fsp3) is 0.556. The number of thioether (sulfide) groups is 1. The molecule has 138 valence electrons. The first-order valence-electron chi connectivity index (χ1n) is 8.41. The number of hydrogen-bond acceptors (Lipinski definition) is 4. The van der Waals surface area contributed by atoms with E-state index < -0.39 is 0 Å². The highest BCUT2D eigenvalue weighted by Crippen LogP contribution is 2.24. The van der Waals surface area contributed by atoms with Gasteiger partial charge in [-0.15, -0.1) is 0 Å². The van der Waals surface area contributed by atoms with E-state index in [-0.39, 0.29) is 23.6 Å².